The van der Waals surface area contributed by atoms with Crippen molar-refractivity contribution < 1.29 is 9.90 Å². The van der Waals surface area contributed by atoms with Gasteiger partial charge in [-0.05, 0) is 57.5 Å². The first-order valence-electron chi connectivity index (χ1n) is 7.85. The van der Waals surface area contributed by atoms with Crippen LogP contribution in [0.4, 0.5) is 0 Å². The fourth-order valence-corrected chi connectivity index (χ4v) is 3.16. The smallest absolute Gasteiger partial charge is 0.223 e. The van der Waals surface area contributed by atoms with Crippen LogP contribution in [0.2, 0.25) is 5.02 Å². The van der Waals surface area contributed by atoms with Gasteiger partial charge in [-0.15, -0.1) is 0 Å². The number of hydrogen-bond acceptors (Lipinski definition) is 3. The summed E-state index contributed by atoms with van der Waals surface area (Å²) in [7, 11) is 4.16. The Hall–Kier alpha value is -1.10. The molecule has 1 aliphatic rings. The summed E-state index contributed by atoms with van der Waals surface area (Å²) in [5.74, 6) is -0.0909. The van der Waals surface area contributed by atoms with Crippen LogP contribution < -0.4 is 5.32 Å². The third-order valence-corrected chi connectivity index (χ3v) is 4.63. The average molecular weight is 325 g/mol. The second kappa shape index (κ2) is 7.95. The fraction of sp³-hybridized carbons (Fsp3) is 0.588. The molecule has 1 amide bonds. The van der Waals surface area contributed by atoms with E-state index in [-0.39, 0.29) is 18.4 Å². The Morgan fingerprint density at radius 2 is 2.05 bits per heavy atom. The largest absolute Gasteiger partial charge is 0.388 e. The molecule has 0 saturated heterocycles. The van der Waals surface area contributed by atoms with Crippen molar-refractivity contribution in [3.63, 3.8) is 0 Å². The number of benzene rings is 1. The van der Waals surface area contributed by atoms with E-state index in [0.717, 1.165) is 24.8 Å². The molecule has 22 heavy (non-hydrogen) atoms. The summed E-state index contributed by atoms with van der Waals surface area (Å²) < 4.78 is 0. The van der Waals surface area contributed by atoms with Gasteiger partial charge in [-0.3, -0.25) is 4.79 Å². The zero-order valence-corrected chi connectivity index (χ0v) is 14.0. The Bertz CT molecular complexity index is 490. The van der Waals surface area contributed by atoms with Gasteiger partial charge >= 0.3 is 0 Å². The molecule has 5 heteroatoms. The maximum atomic E-state index is 12.1. The minimum atomic E-state index is -0.787. The molecule has 1 aliphatic carbocycles. The van der Waals surface area contributed by atoms with Crippen LogP contribution in [-0.4, -0.2) is 42.1 Å². The van der Waals surface area contributed by atoms with Crippen LogP contribution in [0.25, 0.3) is 0 Å². The van der Waals surface area contributed by atoms with Crippen molar-refractivity contribution in [1.82, 2.24) is 10.2 Å². The van der Waals surface area contributed by atoms with Crippen LogP contribution in [0.3, 0.4) is 0 Å². The van der Waals surface area contributed by atoms with Crippen LogP contribution in [-0.2, 0) is 4.79 Å². The molecular weight excluding hydrogens is 300 g/mol. The normalized spacial score (nSPS) is 23.3. The average Bonchev–Trinajstić information content (AvgIpc) is 2.47. The van der Waals surface area contributed by atoms with Gasteiger partial charge in [0.15, 0.2) is 0 Å². The highest BCUT2D eigenvalue weighted by molar-refractivity contribution is 6.30. The summed E-state index contributed by atoms with van der Waals surface area (Å²) in [5, 5.41) is 13.8. The minimum Gasteiger partial charge on any atom is -0.388 e. The van der Waals surface area contributed by atoms with Gasteiger partial charge in [0, 0.05) is 17.1 Å². The van der Waals surface area contributed by atoms with E-state index in [0.29, 0.717) is 11.1 Å². The lowest BCUT2D eigenvalue weighted by molar-refractivity contribution is -0.124. The molecule has 0 spiro atoms. The number of hydrogen-bond donors (Lipinski definition) is 2. The van der Waals surface area contributed by atoms with Gasteiger partial charge < -0.3 is 15.3 Å². The number of carbonyl (C=O) groups is 1. The van der Waals surface area contributed by atoms with Crippen molar-refractivity contribution in [3.05, 3.63) is 34.9 Å². The van der Waals surface area contributed by atoms with Gasteiger partial charge in [0.25, 0.3) is 0 Å². The number of nitrogens with zero attached hydrogens (tertiary/aromatic N) is 1. The highest BCUT2D eigenvalue weighted by Crippen LogP contribution is 2.23. The Morgan fingerprint density at radius 3 is 2.68 bits per heavy atom. The molecule has 0 heterocycles. The van der Waals surface area contributed by atoms with E-state index in [2.05, 4.69) is 24.3 Å². The van der Waals surface area contributed by atoms with Crippen molar-refractivity contribution >= 4 is 17.5 Å². The number of halogens is 1. The van der Waals surface area contributed by atoms with Gasteiger partial charge in [0.2, 0.25) is 5.91 Å². The first-order chi connectivity index (χ1) is 10.5. The van der Waals surface area contributed by atoms with Crippen molar-refractivity contribution in [2.24, 2.45) is 0 Å². The molecule has 1 fully saturated rings. The van der Waals surface area contributed by atoms with E-state index >= 15 is 0 Å². The molecule has 0 aliphatic heterocycles. The highest BCUT2D eigenvalue weighted by Gasteiger charge is 2.25. The Kier molecular flexibility index (Phi) is 6.24. The SMILES string of the molecule is CN(C)C1CCCC(NC(=O)CC(O)c2ccc(Cl)cc2)C1. The van der Waals surface area contributed by atoms with Gasteiger partial charge in [-0.1, -0.05) is 23.7 Å². The van der Waals surface area contributed by atoms with E-state index in [1.54, 1.807) is 24.3 Å². The number of amides is 1. The second-order valence-electron chi connectivity index (χ2n) is 6.32. The molecule has 2 rings (SSSR count). The van der Waals surface area contributed by atoms with E-state index in [1.807, 2.05) is 0 Å². The van der Waals surface area contributed by atoms with Gasteiger partial charge in [-0.2, -0.15) is 0 Å². The molecule has 4 nitrogen and oxygen atoms in total. The van der Waals surface area contributed by atoms with Crippen LogP contribution in [0, 0.1) is 0 Å². The molecule has 3 unspecified atom stereocenters. The molecule has 1 saturated carbocycles. The van der Waals surface area contributed by atoms with Crippen molar-refractivity contribution in [3.8, 4) is 0 Å². The summed E-state index contributed by atoms with van der Waals surface area (Å²) in [6, 6.07) is 7.69. The van der Waals surface area contributed by atoms with Crippen molar-refractivity contribution in [2.75, 3.05) is 14.1 Å². The topological polar surface area (TPSA) is 52.6 Å². The minimum absolute atomic E-state index is 0.0881. The number of rotatable bonds is 5. The van der Waals surface area contributed by atoms with Crippen LogP contribution >= 0.6 is 11.6 Å². The predicted octanol–water partition coefficient (Wildman–Crippen LogP) is 2.75. The third kappa shape index (κ3) is 4.97. The lowest BCUT2D eigenvalue weighted by atomic mass is 9.90. The lowest BCUT2D eigenvalue weighted by Crippen LogP contribution is -2.44. The van der Waals surface area contributed by atoms with Gasteiger partial charge in [0.1, 0.15) is 0 Å². The maximum Gasteiger partial charge on any atom is 0.223 e. The summed E-state index contributed by atoms with van der Waals surface area (Å²) in [6.45, 7) is 0. The monoisotopic (exact) mass is 324 g/mol. The van der Waals surface area contributed by atoms with E-state index in [4.69, 9.17) is 11.6 Å². The molecule has 0 aromatic heterocycles. The standard InChI is InChI=1S/C17H25ClN2O2/c1-20(2)15-5-3-4-14(10-15)19-17(22)11-16(21)12-6-8-13(18)9-7-12/h6-9,14-16,21H,3-5,10-11H2,1-2H3,(H,19,22). The Balaban J connectivity index is 1.83. The van der Waals surface area contributed by atoms with Gasteiger partial charge in [0.05, 0.1) is 12.5 Å². The Labute approximate surface area is 137 Å². The van der Waals surface area contributed by atoms with Crippen LogP contribution in [0.1, 0.15) is 43.8 Å². The lowest BCUT2D eigenvalue weighted by Gasteiger charge is -2.33. The summed E-state index contributed by atoms with van der Waals surface area (Å²) in [5.41, 5.74) is 0.717. The first kappa shape index (κ1) is 17.3. The first-order valence-corrected chi connectivity index (χ1v) is 8.23. The molecule has 0 bridgehead atoms. The van der Waals surface area contributed by atoms with Crippen molar-refractivity contribution in [1.29, 1.82) is 0 Å². The van der Waals surface area contributed by atoms with E-state index in [9.17, 15) is 9.90 Å². The summed E-state index contributed by atoms with van der Waals surface area (Å²) >= 11 is 5.83. The van der Waals surface area contributed by atoms with E-state index < -0.39 is 6.10 Å². The second-order valence-corrected chi connectivity index (χ2v) is 6.76. The highest BCUT2D eigenvalue weighted by atomic mass is 35.5. The zero-order valence-electron chi connectivity index (χ0n) is 13.3. The van der Waals surface area contributed by atoms with Crippen LogP contribution in [0.15, 0.2) is 24.3 Å². The summed E-state index contributed by atoms with van der Waals surface area (Å²) in [6.07, 6.45) is 3.62. The fourth-order valence-electron chi connectivity index (χ4n) is 3.03. The Morgan fingerprint density at radius 1 is 1.36 bits per heavy atom. The maximum absolute atomic E-state index is 12.1. The molecular formula is C17H25ClN2O2. The predicted molar refractivity (Wildman–Crippen MR) is 88.9 cm³/mol. The quantitative estimate of drug-likeness (QED) is 0.875. The molecule has 122 valence electrons. The third-order valence-electron chi connectivity index (χ3n) is 4.38. The molecule has 0 radical (unpaired) electrons. The van der Waals surface area contributed by atoms with Gasteiger partial charge in [-0.25, -0.2) is 0 Å². The molecule has 1 aromatic carbocycles. The summed E-state index contributed by atoms with van der Waals surface area (Å²) in [4.78, 5) is 14.4. The molecule has 3 atom stereocenters. The zero-order chi connectivity index (χ0) is 16.1. The molecule has 1 aromatic rings. The number of nitrogens with one attached hydrogen (secondary N) is 1. The molecule has 2 N–H and O–H groups in total. The van der Waals surface area contributed by atoms with E-state index in [1.165, 1.54) is 6.42 Å². The number of carbonyl (C=O) groups excluding carboxylic acids is 1. The number of aliphatic hydroxyl groups is 1. The number of aliphatic hydroxyl groups excluding tert-OH is 1. The van der Waals surface area contributed by atoms with Crippen molar-refractivity contribution in [2.45, 2.75) is 50.3 Å². The van der Waals surface area contributed by atoms with Crippen LogP contribution in [0.5, 0.6) is 0 Å².